The summed E-state index contributed by atoms with van der Waals surface area (Å²) in [5.41, 5.74) is 7.17. The fourth-order valence-electron chi connectivity index (χ4n) is 5.30. The van der Waals surface area contributed by atoms with Gasteiger partial charge in [-0.15, -0.1) is 0 Å². The first kappa shape index (κ1) is 17.7. The largest absolute Gasteiger partial charge is 0.378 e. The van der Waals surface area contributed by atoms with Crippen molar-refractivity contribution >= 4 is 5.91 Å². The molecular formula is C19H33N3O3. The number of rotatable bonds is 0. The van der Waals surface area contributed by atoms with E-state index in [9.17, 15) is 4.79 Å². The first-order chi connectivity index (χ1) is 12.2. The molecule has 6 atom stereocenters. The molecule has 6 unspecified atom stereocenters. The van der Waals surface area contributed by atoms with Crippen molar-refractivity contribution in [2.75, 3.05) is 26.8 Å². The van der Waals surface area contributed by atoms with Gasteiger partial charge in [0.2, 0.25) is 5.91 Å². The molecule has 4 aliphatic rings. The highest BCUT2D eigenvalue weighted by molar-refractivity contribution is 5.77. The van der Waals surface area contributed by atoms with E-state index in [1.807, 2.05) is 7.05 Å². The molecule has 2 heterocycles. The average Bonchev–Trinajstić information content (AvgIpc) is 3.06. The highest BCUT2D eigenvalue weighted by Crippen LogP contribution is 2.39. The van der Waals surface area contributed by atoms with Gasteiger partial charge in [-0.1, -0.05) is 6.42 Å². The quantitative estimate of drug-likeness (QED) is 0.692. The monoisotopic (exact) mass is 351 g/mol. The van der Waals surface area contributed by atoms with Gasteiger partial charge in [0.25, 0.3) is 0 Å². The van der Waals surface area contributed by atoms with E-state index in [-0.39, 0.29) is 18.6 Å². The summed E-state index contributed by atoms with van der Waals surface area (Å²) in [4.78, 5) is 14.1. The van der Waals surface area contributed by atoms with Gasteiger partial charge in [0.05, 0.1) is 12.2 Å². The van der Waals surface area contributed by atoms with Gasteiger partial charge in [0.1, 0.15) is 6.61 Å². The van der Waals surface area contributed by atoms with E-state index >= 15 is 0 Å². The number of hydrazine groups is 1. The molecule has 0 aromatic heterocycles. The highest BCUT2D eigenvalue weighted by atomic mass is 16.5. The lowest BCUT2D eigenvalue weighted by Crippen LogP contribution is -2.43. The molecule has 2 aliphatic heterocycles. The van der Waals surface area contributed by atoms with E-state index in [4.69, 9.17) is 9.47 Å². The van der Waals surface area contributed by atoms with Gasteiger partial charge in [-0.3, -0.25) is 15.6 Å². The van der Waals surface area contributed by atoms with Crippen LogP contribution in [0.1, 0.15) is 51.4 Å². The summed E-state index contributed by atoms with van der Waals surface area (Å²) in [6.45, 7) is 1.72. The second-order valence-corrected chi connectivity index (χ2v) is 8.42. The molecule has 25 heavy (non-hydrogen) atoms. The Morgan fingerprint density at radius 2 is 1.88 bits per heavy atom. The third kappa shape index (κ3) is 4.02. The van der Waals surface area contributed by atoms with Crippen molar-refractivity contribution in [2.24, 2.45) is 11.8 Å². The number of nitrogens with zero attached hydrogens (tertiary/aromatic N) is 1. The van der Waals surface area contributed by atoms with Crippen LogP contribution in [0, 0.1) is 11.8 Å². The van der Waals surface area contributed by atoms with Gasteiger partial charge in [-0.05, 0) is 56.8 Å². The molecule has 4 bridgehead atoms. The van der Waals surface area contributed by atoms with Crippen LogP contribution in [0.15, 0.2) is 0 Å². The summed E-state index contributed by atoms with van der Waals surface area (Å²) in [6, 6.07) is 1.11. The third-order valence-electron chi connectivity index (χ3n) is 6.78. The maximum Gasteiger partial charge on any atom is 0.248 e. The Kier molecular flexibility index (Phi) is 5.60. The highest BCUT2D eigenvalue weighted by Gasteiger charge is 2.44. The Balaban J connectivity index is 1.47. The third-order valence-corrected chi connectivity index (χ3v) is 6.78. The SMILES string of the molecule is CN1CCCOC2CCC3NNC(C4CCCC(C4)OCC1=O)C3C2. The molecule has 2 saturated carbocycles. The molecule has 2 aliphatic carbocycles. The van der Waals surface area contributed by atoms with Gasteiger partial charge in [0, 0.05) is 32.3 Å². The van der Waals surface area contributed by atoms with Crippen LogP contribution in [0.25, 0.3) is 0 Å². The number of likely N-dealkylation sites (N-methyl/N-ethyl adjacent to an activating group) is 1. The van der Waals surface area contributed by atoms with Crippen LogP contribution in [-0.4, -0.2) is 61.9 Å². The van der Waals surface area contributed by atoms with E-state index in [0.717, 1.165) is 45.3 Å². The lowest BCUT2D eigenvalue weighted by atomic mass is 9.72. The van der Waals surface area contributed by atoms with Crippen LogP contribution in [0.4, 0.5) is 0 Å². The Labute approximate surface area is 151 Å². The number of hydrogen-bond donors (Lipinski definition) is 2. The number of ether oxygens (including phenoxy) is 2. The summed E-state index contributed by atoms with van der Waals surface area (Å²) in [5, 5.41) is 0. The Morgan fingerprint density at radius 3 is 2.80 bits per heavy atom. The molecule has 1 amide bonds. The first-order valence-corrected chi connectivity index (χ1v) is 10.2. The van der Waals surface area contributed by atoms with Crippen molar-refractivity contribution in [1.82, 2.24) is 15.8 Å². The van der Waals surface area contributed by atoms with Gasteiger partial charge in [-0.2, -0.15) is 0 Å². The number of carbonyl (C=O) groups excluding carboxylic acids is 1. The van der Waals surface area contributed by atoms with Crippen LogP contribution in [-0.2, 0) is 14.3 Å². The molecule has 4 fully saturated rings. The number of amides is 1. The molecule has 2 saturated heterocycles. The average molecular weight is 351 g/mol. The standard InChI is InChI=1S/C19H33N3O3/c1-22-8-3-9-24-15-6-7-17-16(11-15)19(21-20-17)13-4-2-5-14(10-13)25-12-18(22)23/h13-17,19-21H,2-12H2,1H3. The van der Waals surface area contributed by atoms with E-state index in [1.54, 1.807) is 4.90 Å². The minimum absolute atomic E-state index is 0.0939. The second kappa shape index (κ2) is 7.91. The normalized spacial score (nSPS) is 43.4. The number of nitrogens with one attached hydrogen (secondary N) is 2. The molecular weight excluding hydrogens is 318 g/mol. The van der Waals surface area contributed by atoms with E-state index in [1.165, 1.54) is 19.3 Å². The number of carbonyl (C=O) groups is 1. The van der Waals surface area contributed by atoms with E-state index < -0.39 is 0 Å². The van der Waals surface area contributed by atoms with Crippen molar-refractivity contribution < 1.29 is 14.3 Å². The van der Waals surface area contributed by atoms with E-state index in [2.05, 4.69) is 10.9 Å². The van der Waals surface area contributed by atoms with Crippen LogP contribution < -0.4 is 10.9 Å². The van der Waals surface area contributed by atoms with Gasteiger partial charge in [0.15, 0.2) is 0 Å². The van der Waals surface area contributed by atoms with Gasteiger partial charge in [-0.25, -0.2) is 0 Å². The first-order valence-electron chi connectivity index (χ1n) is 10.2. The Bertz CT molecular complexity index is 475. The summed E-state index contributed by atoms with van der Waals surface area (Å²) in [7, 11) is 1.87. The lowest BCUT2D eigenvalue weighted by Gasteiger charge is -2.38. The van der Waals surface area contributed by atoms with Crippen LogP contribution in [0.5, 0.6) is 0 Å². The van der Waals surface area contributed by atoms with Crippen LogP contribution in [0.2, 0.25) is 0 Å². The molecule has 6 heteroatoms. The minimum Gasteiger partial charge on any atom is -0.378 e. The summed E-state index contributed by atoms with van der Waals surface area (Å²) < 4.78 is 12.2. The molecule has 6 nitrogen and oxygen atoms in total. The van der Waals surface area contributed by atoms with Crippen molar-refractivity contribution in [3.8, 4) is 0 Å². The molecule has 4 rings (SSSR count). The van der Waals surface area contributed by atoms with Crippen molar-refractivity contribution in [1.29, 1.82) is 0 Å². The Morgan fingerprint density at radius 1 is 1.00 bits per heavy atom. The van der Waals surface area contributed by atoms with Crippen LogP contribution >= 0.6 is 0 Å². The maximum atomic E-state index is 12.3. The zero-order valence-corrected chi connectivity index (χ0v) is 15.4. The lowest BCUT2D eigenvalue weighted by molar-refractivity contribution is -0.138. The van der Waals surface area contributed by atoms with Crippen LogP contribution in [0.3, 0.4) is 0 Å². The number of hydrogen-bond acceptors (Lipinski definition) is 5. The van der Waals surface area contributed by atoms with E-state index in [0.29, 0.717) is 30.0 Å². The molecule has 0 aromatic carbocycles. The van der Waals surface area contributed by atoms with Crippen molar-refractivity contribution in [3.63, 3.8) is 0 Å². The van der Waals surface area contributed by atoms with Gasteiger partial charge < -0.3 is 14.4 Å². The second-order valence-electron chi connectivity index (χ2n) is 8.42. The molecule has 2 N–H and O–H groups in total. The summed E-state index contributed by atoms with van der Waals surface area (Å²) >= 11 is 0. The smallest absolute Gasteiger partial charge is 0.248 e. The minimum atomic E-state index is 0.0939. The number of fused-ring (bicyclic) bond motifs is 4. The zero-order chi connectivity index (χ0) is 17.2. The molecule has 142 valence electrons. The molecule has 0 radical (unpaired) electrons. The van der Waals surface area contributed by atoms with Gasteiger partial charge >= 0.3 is 0 Å². The van der Waals surface area contributed by atoms with Crippen molar-refractivity contribution in [3.05, 3.63) is 0 Å². The predicted octanol–water partition coefficient (Wildman–Crippen LogP) is 1.45. The molecule has 0 aromatic rings. The fourth-order valence-corrected chi connectivity index (χ4v) is 5.30. The fraction of sp³-hybridized carbons (Fsp3) is 0.947. The maximum absolute atomic E-state index is 12.3. The topological polar surface area (TPSA) is 62.8 Å². The zero-order valence-electron chi connectivity index (χ0n) is 15.4. The Hall–Kier alpha value is -0.690. The van der Waals surface area contributed by atoms with Crippen molar-refractivity contribution in [2.45, 2.75) is 75.7 Å². The summed E-state index contributed by atoms with van der Waals surface area (Å²) in [6.07, 6.45) is 9.66. The molecule has 0 spiro atoms. The predicted molar refractivity (Wildman–Crippen MR) is 94.9 cm³/mol. The summed E-state index contributed by atoms with van der Waals surface area (Å²) in [5.74, 6) is 1.39.